The number of hydrogen-bond donors (Lipinski definition) is 1. The summed E-state index contributed by atoms with van der Waals surface area (Å²) < 4.78 is 0. The highest BCUT2D eigenvalue weighted by atomic mass is 15.1. The van der Waals surface area contributed by atoms with Gasteiger partial charge in [-0.05, 0) is 93.3 Å². The van der Waals surface area contributed by atoms with Crippen molar-refractivity contribution in [1.29, 1.82) is 0 Å². The van der Waals surface area contributed by atoms with Crippen molar-refractivity contribution in [2.45, 2.75) is 84.0 Å². The van der Waals surface area contributed by atoms with Gasteiger partial charge in [0, 0.05) is 5.92 Å². The number of nitrogens with one attached hydrogen (secondary N) is 1. The zero-order valence-corrected chi connectivity index (χ0v) is 18.6. The molecule has 3 heteroatoms. The highest BCUT2D eigenvalue weighted by Gasteiger charge is 2.23. The Balaban J connectivity index is 1.29. The maximum Gasteiger partial charge on any atom is 0.109 e. The lowest BCUT2D eigenvalue weighted by molar-refractivity contribution is 0.196. The fraction of sp³-hybridized carbons (Fsp3) is 0.654. The van der Waals surface area contributed by atoms with Crippen LogP contribution in [0.4, 0.5) is 0 Å². The van der Waals surface area contributed by atoms with Gasteiger partial charge in [-0.3, -0.25) is 0 Å². The Kier molecular flexibility index (Phi) is 7.07. The average molecular weight is 394 g/mol. The summed E-state index contributed by atoms with van der Waals surface area (Å²) in [6.07, 6.45) is 15.2. The molecule has 2 heterocycles. The average Bonchev–Trinajstić information content (AvgIpc) is 3.26. The molecule has 0 saturated carbocycles. The molecule has 1 aliphatic carbocycles. The molecule has 1 fully saturated rings. The first-order valence-corrected chi connectivity index (χ1v) is 12.1. The van der Waals surface area contributed by atoms with Crippen LogP contribution in [0.15, 0.2) is 24.4 Å². The van der Waals surface area contributed by atoms with Gasteiger partial charge in [0.1, 0.15) is 5.82 Å². The predicted octanol–water partition coefficient (Wildman–Crippen LogP) is 6.35. The van der Waals surface area contributed by atoms with E-state index < -0.39 is 0 Å². The molecule has 0 radical (unpaired) electrons. The number of likely N-dealkylation sites (tertiary alicyclic amines) is 1. The van der Waals surface area contributed by atoms with E-state index in [0.29, 0.717) is 5.92 Å². The molecule has 158 valence electrons. The smallest absolute Gasteiger partial charge is 0.109 e. The first-order chi connectivity index (χ1) is 14.2. The van der Waals surface area contributed by atoms with Crippen LogP contribution in [0, 0.1) is 5.92 Å². The van der Waals surface area contributed by atoms with Crippen molar-refractivity contribution in [1.82, 2.24) is 14.9 Å². The molecular weight excluding hydrogens is 354 g/mol. The number of H-pyrrole nitrogens is 1. The van der Waals surface area contributed by atoms with Crippen LogP contribution < -0.4 is 0 Å². The van der Waals surface area contributed by atoms with E-state index in [2.05, 4.69) is 48.1 Å². The lowest BCUT2D eigenvalue weighted by atomic mass is 9.90. The van der Waals surface area contributed by atoms with Gasteiger partial charge in [0.05, 0.1) is 11.9 Å². The molecule has 1 unspecified atom stereocenters. The van der Waals surface area contributed by atoms with Gasteiger partial charge in [-0.1, -0.05) is 45.2 Å². The zero-order valence-electron chi connectivity index (χ0n) is 18.6. The molecule has 2 aromatic rings. The molecule has 1 saturated heterocycles. The van der Waals surface area contributed by atoms with Crippen LogP contribution in [-0.2, 0) is 12.8 Å². The summed E-state index contributed by atoms with van der Waals surface area (Å²) in [6.45, 7) is 8.44. The van der Waals surface area contributed by atoms with Crippen molar-refractivity contribution in [2.75, 3.05) is 19.6 Å². The fourth-order valence-corrected chi connectivity index (χ4v) is 5.12. The number of aromatic amines is 1. The molecule has 0 amide bonds. The SMILES string of the molecule is CCCCC(C)CCN1CCC(c2ncc(-c3ccc4c(c3)CCCC4)[nH]2)CC1. The van der Waals surface area contributed by atoms with Crippen LogP contribution in [-0.4, -0.2) is 34.5 Å². The van der Waals surface area contributed by atoms with Crippen LogP contribution in [0.25, 0.3) is 11.3 Å². The van der Waals surface area contributed by atoms with E-state index in [-0.39, 0.29) is 0 Å². The van der Waals surface area contributed by atoms with Crippen molar-refractivity contribution in [3.63, 3.8) is 0 Å². The summed E-state index contributed by atoms with van der Waals surface area (Å²) in [7, 11) is 0. The van der Waals surface area contributed by atoms with Gasteiger partial charge in [0.15, 0.2) is 0 Å². The molecule has 3 nitrogen and oxygen atoms in total. The number of piperidine rings is 1. The normalized spacial score (nSPS) is 19.2. The summed E-state index contributed by atoms with van der Waals surface area (Å²) in [5.74, 6) is 2.67. The van der Waals surface area contributed by atoms with Crippen LogP contribution in [0.2, 0.25) is 0 Å². The topological polar surface area (TPSA) is 31.9 Å². The first kappa shape index (κ1) is 20.7. The van der Waals surface area contributed by atoms with Gasteiger partial charge in [0.2, 0.25) is 0 Å². The number of benzene rings is 1. The Morgan fingerprint density at radius 3 is 2.69 bits per heavy atom. The van der Waals surface area contributed by atoms with Crippen molar-refractivity contribution in [2.24, 2.45) is 5.92 Å². The van der Waals surface area contributed by atoms with Crippen LogP contribution >= 0.6 is 0 Å². The number of rotatable bonds is 8. The maximum atomic E-state index is 4.79. The number of fused-ring (bicyclic) bond motifs is 1. The van der Waals surface area contributed by atoms with E-state index in [4.69, 9.17) is 4.98 Å². The Hall–Kier alpha value is -1.61. The van der Waals surface area contributed by atoms with E-state index >= 15 is 0 Å². The van der Waals surface area contributed by atoms with Gasteiger partial charge in [-0.2, -0.15) is 0 Å². The number of imidazole rings is 1. The van der Waals surface area contributed by atoms with Crippen LogP contribution in [0.5, 0.6) is 0 Å². The number of hydrogen-bond acceptors (Lipinski definition) is 2. The molecule has 1 atom stereocenters. The highest BCUT2D eigenvalue weighted by molar-refractivity contribution is 5.61. The highest BCUT2D eigenvalue weighted by Crippen LogP contribution is 2.30. The molecule has 4 rings (SSSR count). The third-order valence-electron chi connectivity index (χ3n) is 7.22. The first-order valence-electron chi connectivity index (χ1n) is 12.1. The van der Waals surface area contributed by atoms with Gasteiger partial charge in [-0.15, -0.1) is 0 Å². The molecule has 0 spiro atoms. The van der Waals surface area contributed by atoms with E-state index in [9.17, 15) is 0 Å². The van der Waals surface area contributed by atoms with Gasteiger partial charge in [0.25, 0.3) is 0 Å². The standard InChI is InChI=1S/C26H39N3/c1-3-4-7-20(2)12-15-29-16-13-22(14-17-29)26-27-19-25(28-26)24-11-10-21-8-5-6-9-23(21)18-24/h10-11,18-20,22H,3-9,12-17H2,1-2H3,(H,27,28). The molecule has 1 aromatic carbocycles. The number of nitrogens with zero attached hydrogens (tertiary/aromatic N) is 2. The van der Waals surface area contributed by atoms with E-state index in [1.54, 1.807) is 11.1 Å². The molecular formula is C26H39N3. The summed E-state index contributed by atoms with van der Waals surface area (Å²) in [4.78, 5) is 11.1. The minimum Gasteiger partial charge on any atom is -0.342 e. The zero-order chi connectivity index (χ0) is 20.1. The van der Waals surface area contributed by atoms with E-state index in [0.717, 1.165) is 5.92 Å². The number of aryl methyl sites for hydroxylation is 2. The third-order valence-corrected chi connectivity index (χ3v) is 7.22. The summed E-state index contributed by atoms with van der Waals surface area (Å²) in [5, 5.41) is 0. The Bertz CT molecular complexity index is 770. The Labute approximate surface area is 177 Å². The second-order valence-electron chi connectivity index (χ2n) is 9.52. The second kappa shape index (κ2) is 9.93. The molecule has 2 aliphatic rings. The van der Waals surface area contributed by atoms with Crippen molar-refractivity contribution >= 4 is 0 Å². The lowest BCUT2D eigenvalue weighted by Gasteiger charge is -2.31. The monoisotopic (exact) mass is 393 g/mol. The maximum absolute atomic E-state index is 4.79. The number of aromatic nitrogens is 2. The second-order valence-corrected chi connectivity index (χ2v) is 9.52. The van der Waals surface area contributed by atoms with E-state index in [1.165, 1.54) is 101 Å². The summed E-state index contributed by atoms with van der Waals surface area (Å²) in [5.41, 5.74) is 5.60. The van der Waals surface area contributed by atoms with Crippen LogP contribution in [0.1, 0.15) is 88.1 Å². The lowest BCUT2D eigenvalue weighted by Crippen LogP contribution is -2.34. The molecule has 1 aliphatic heterocycles. The molecule has 29 heavy (non-hydrogen) atoms. The fourth-order valence-electron chi connectivity index (χ4n) is 5.12. The molecule has 1 N–H and O–H groups in total. The van der Waals surface area contributed by atoms with Gasteiger partial charge >= 0.3 is 0 Å². The molecule has 1 aromatic heterocycles. The van der Waals surface area contributed by atoms with Crippen molar-refractivity contribution in [3.8, 4) is 11.3 Å². The Morgan fingerprint density at radius 1 is 1.10 bits per heavy atom. The van der Waals surface area contributed by atoms with Gasteiger partial charge < -0.3 is 9.88 Å². The molecule has 0 bridgehead atoms. The minimum absolute atomic E-state index is 0.593. The van der Waals surface area contributed by atoms with E-state index in [1.807, 2.05) is 0 Å². The van der Waals surface area contributed by atoms with Crippen molar-refractivity contribution in [3.05, 3.63) is 41.3 Å². The minimum atomic E-state index is 0.593. The Morgan fingerprint density at radius 2 is 1.90 bits per heavy atom. The summed E-state index contributed by atoms with van der Waals surface area (Å²) >= 11 is 0. The predicted molar refractivity (Wildman–Crippen MR) is 122 cm³/mol. The van der Waals surface area contributed by atoms with Crippen LogP contribution in [0.3, 0.4) is 0 Å². The summed E-state index contributed by atoms with van der Waals surface area (Å²) in [6, 6.07) is 7.02. The quantitative estimate of drug-likeness (QED) is 0.566. The van der Waals surface area contributed by atoms with Crippen molar-refractivity contribution < 1.29 is 0 Å². The number of unbranched alkanes of at least 4 members (excludes halogenated alkanes) is 1. The largest absolute Gasteiger partial charge is 0.342 e. The third kappa shape index (κ3) is 5.31. The van der Waals surface area contributed by atoms with Gasteiger partial charge in [-0.25, -0.2) is 4.98 Å².